The molecule has 0 N–H and O–H groups in total. The van der Waals surface area contributed by atoms with Gasteiger partial charge in [0.2, 0.25) is 17.3 Å². The van der Waals surface area contributed by atoms with Crippen molar-refractivity contribution in [2.24, 2.45) is 0 Å². The van der Waals surface area contributed by atoms with Crippen LogP contribution in [0.25, 0.3) is 0 Å². The Morgan fingerprint density at radius 3 is 2.55 bits per heavy atom. The molecule has 0 aliphatic carbocycles. The van der Waals surface area contributed by atoms with Gasteiger partial charge in [0.15, 0.2) is 0 Å². The van der Waals surface area contributed by atoms with Crippen molar-refractivity contribution >= 4 is 11.7 Å². The van der Waals surface area contributed by atoms with Crippen LogP contribution in [0.3, 0.4) is 0 Å². The van der Waals surface area contributed by atoms with E-state index >= 15 is 0 Å². The van der Waals surface area contributed by atoms with E-state index in [-0.39, 0.29) is 12.8 Å². The Kier molecular flexibility index (Phi) is 4.42. The smallest absolute Gasteiger partial charge is 0.462 e. The standard InChI is InChI=1S/C9H6F4N2O5/c1-2-19-8(16)5-6(15(17)18)4(10)3-14-7(5)20-9(11,12)13/h3H,2H2,1H3. The molecule has 1 heterocycles. The zero-order valence-electron chi connectivity index (χ0n) is 9.73. The molecule has 0 radical (unpaired) electrons. The molecule has 1 aromatic rings. The van der Waals surface area contributed by atoms with Gasteiger partial charge >= 0.3 is 18.0 Å². The van der Waals surface area contributed by atoms with Crippen LogP contribution in [0.4, 0.5) is 23.2 Å². The number of hydrogen-bond acceptors (Lipinski definition) is 6. The summed E-state index contributed by atoms with van der Waals surface area (Å²) in [7, 11) is 0. The third-order valence-corrected chi connectivity index (χ3v) is 1.85. The molecule has 0 saturated carbocycles. The molecule has 0 bridgehead atoms. The second-order valence-electron chi connectivity index (χ2n) is 3.16. The van der Waals surface area contributed by atoms with Crippen molar-refractivity contribution in [1.82, 2.24) is 4.98 Å². The lowest BCUT2D eigenvalue weighted by molar-refractivity contribution is -0.388. The van der Waals surface area contributed by atoms with Gasteiger partial charge < -0.3 is 9.47 Å². The number of esters is 1. The summed E-state index contributed by atoms with van der Waals surface area (Å²) in [6, 6.07) is 0. The first-order valence-electron chi connectivity index (χ1n) is 4.93. The fourth-order valence-electron chi connectivity index (χ4n) is 1.21. The first-order chi connectivity index (χ1) is 9.17. The highest BCUT2D eigenvalue weighted by atomic mass is 19.4. The normalized spacial score (nSPS) is 11.1. The van der Waals surface area contributed by atoms with Gasteiger partial charge in [0.1, 0.15) is 0 Å². The minimum atomic E-state index is -5.26. The summed E-state index contributed by atoms with van der Waals surface area (Å²) in [5.41, 5.74) is -2.84. The first kappa shape index (κ1) is 15.6. The Morgan fingerprint density at radius 2 is 2.10 bits per heavy atom. The Bertz CT molecular complexity index is 546. The summed E-state index contributed by atoms with van der Waals surface area (Å²) < 4.78 is 57.3. The minimum absolute atomic E-state index is 0.141. The Labute approximate surface area is 108 Å². The van der Waals surface area contributed by atoms with Crippen LogP contribution in [0.15, 0.2) is 6.20 Å². The predicted octanol–water partition coefficient (Wildman–Crippen LogP) is 2.20. The van der Waals surface area contributed by atoms with Crippen molar-refractivity contribution in [3.63, 3.8) is 0 Å². The van der Waals surface area contributed by atoms with E-state index in [1.165, 1.54) is 6.92 Å². The van der Waals surface area contributed by atoms with Gasteiger partial charge in [-0.15, -0.1) is 13.2 Å². The zero-order chi connectivity index (χ0) is 15.5. The van der Waals surface area contributed by atoms with Crippen LogP contribution in [0, 0.1) is 15.9 Å². The summed E-state index contributed by atoms with van der Waals surface area (Å²) >= 11 is 0. The van der Waals surface area contributed by atoms with E-state index in [2.05, 4.69) is 14.5 Å². The van der Waals surface area contributed by atoms with Gasteiger partial charge in [-0.3, -0.25) is 10.1 Å². The van der Waals surface area contributed by atoms with Crippen LogP contribution in [-0.2, 0) is 4.74 Å². The Morgan fingerprint density at radius 1 is 1.50 bits per heavy atom. The van der Waals surface area contributed by atoms with E-state index in [0.717, 1.165) is 0 Å². The fourth-order valence-corrected chi connectivity index (χ4v) is 1.21. The Balaban J connectivity index is 3.48. The van der Waals surface area contributed by atoms with E-state index in [1.807, 2.05) is 0 Å². The molecule has 1 rings (SSSR count). The molecule has 110 valence electrons. The van der Waals surface area contributed by atoms with E-state index in [4.69, 9.17) is 0 Å². The summed E-state index contributed by atoms with van der Waals surface area (Å²) in [5, 5.41) is 10.7. The average Bonchev–Trinajstić information content (AvgIpc) is 2.29. The van der Waals surface area contributed by atoms with Crippen LogP contribution >= 0.6 is 0 Å². The fraction of sp³-hybridized carbons (Fsp3) is 0.333. The van der Waals surface area contributed by atoms with Crippen LogP contribution < -0.4 is 4.74 Å². The highest BCUT2D eigenvalue weighted by Gasteiger charge is 2.39. The maximum Gasteiger partial charge on any atom is 0.574 e. The summed E-state index contributed by atoms with van der Waals surface area (Å²) in [5.74, 6) is -4.60. The van der Waals surface area contributed by atoms with Crippen molar-refractivity contribution in [3.8, 4) is 5.88 Å². The van der Waals surface area contributed by atoms with Crippen molar-refractivity contribution < 1.29 is 36.8 Å². The van der Waals surface area contributed by atoms with Crippen molar-refractivity contribution in [3.05, 3.63) is 27.7 Å². The van der Waals surface area contributed by atoms with Gasteiger partial charge in [-0.1, -0.05) is 0 Å². The molecule has 0 aliphatic heterocycles. The maximum atomic E-state index is 13.3. The maximum absolute atomic E-state index is 13.3. The van der Waals surface area contributed by atoms with E-state index in [9.17, 15) is 32.5 Å². The van der Waals surface area contributed by atoms with Crippen LogP contribution in [0.1, 0.15) is 17.3 Å². The lowest BCUT2D eigenvalue weighted by atomic mass is 10.2. The molecule has 0 fully saturated rings. The molecular formula is C9H6F4N2O5. The summed E-state index contributed by atoms with van der Waals surface area (Å²) in [4.78, 5) is 23.6. The molecule has 0 amide bonds. The SMILES string of the molecule is CCOC(=O)c1c(OC(F)(F)F)ncc(F)c1[N+](=O)[O-]. The van der Waals surface area contributed by atoms with Crippen molar-refractivity contribution in [1.29, 1.82) is 0 Å². The topological polar surface area (TPSA) is 91.6 Å². The molecule has 0 aromatic carbocycles. The first-order valence-corrected chi connectivity index (χ1v) is 4.93. The lowest BCUT2D eigenvalue weighted by Crippen LogP contribution is -2.21. The molecule has 7 nitrogen and oxygen atoms in total. The number of nitro groups is 1. The largest absolute Gasteiger partial charge is 0.574 e. The number of nitrogens with zero attached hydrogens (tertiary/aromatic N) is 2. The van der Waals surface area contributed by atoms with Gasteiger partial charge in [-0.05, 0) is 6.92 Å². The second-order valence-corrected chi connectivity index (χ2v) is 3.16. The molecule has 0 atom stereocenters. The third kappa shape index (κ3) is 3.52. The quantitative estimate of drug-likeness (QED) is 0.366. The number of halogens is 4. The predicted molar refractivity (Wildman–Crippen MR) is 53.5 cm³/mol. The number of carbonyl (C=O) groups is 1. The summed E-state index contributed by atoms with van der Waals surface area (Å²) in [6.07, 6.45) is -5.12. The van der Waals surface area contributed by atoms with E-state index in [1.54, 1.807) is 0 Å². The highest BCUT2D eigenvalue weighted by molar-refractivity contribution is 5.96. The van der Waals surface area contributed by atoms with Gasteiger partial charge in [0, 0.05) is 0 Å². The minimum Gasteiger partial charge on any atom is -0.462 e. The van der Waals surface area contributed by atoms with Crippen molar-refractivity contribution in [2.75, 3.05) is 6.61 Å². The van der Waals surface area contributed by atoms with Gasteiger partial charge in [0.25, 0.3) is 0 Å². The molecule has 0 spiro atoms. The Hall–Kier alpha value is -2.46. The summed E-state index contributed by atoms with van der Waals surface area (Å²) in [6.45, 7) is 1.01. The van der Waals surface area contributed by atoms with Crippen LogP contribution in [0.5, 0.6) is 5.88 Å². The van der Waals surface area contributed by atoms with E-state index in [0.29, 0.717) is 0 Å². The average molecular weight is 298 g/mol. The number of alkyl halides is 3. The monoisotopic (exact) mass is 298 g/mol. The molecule has 0 unspecified atom stereocenters. The zero-order valence-corrected chi connectivity index (χ0v) is 9.73. The van der Waals surface area contributed by atoms with E-state index < -0.39 is 40.2 Å². The van der Waals surface area contributed by atoms with Gasteiger partial charge in [0.05, 0.1) is 17.7 Å². The molecular weight excluding hydrogens is 292 g/mol. The number of rotatable bonds is 4. The lowest BCUT2D eigenvalue weighted by Gasteiger charge is -2.11. The molecule has 20 heavy (non-hydrogen) atoms. The van der Waals surface area contributed by atoms with Crippen LogP contribution in [0.2, 0.25) is 0 Å². The van der Waals surface area contributed by atoms with Crippen LogP contribution in [-0.4, -0.2) is 28.8 Å². The van der Waals surface area contributed by atoms with Gasteiger partial charge in [-0.2, -0.15) is 4.39 Å². The second kappa shape index (κ2) is 5.67. The highest BCUT2D eigenvalue weighted by Crippen LogP contribution is 2.32. The number of pyridine rings is 1. The number of ether oxygens (including phenoxy) is 2. The molecule has 1 aromatic heterocycles. The van der Waals surface area contributed by atoms with Gasteiger partial charge in [-0.25, -0.2) is 9.78 Å². The third-order valence-electron chi connectivity index (χ3n) is 1.85. The molecule has 0 saturated heterocycles. The molecule has 11 heteroatoms. The number of aromatic nitrogens is 1. The number of carbonyl (C=O) groups excluding carboxylic acids is 1. The number of hydrogen-bond donors (Lipinski definition) is 0. The van der Waals surface area contributed by atoms with Crippen molar-refractivity contribution in [2.45, 2.75) is 13.3 Å². The molecule has 0 aliphatic rings.